The van der Waals surface area contributed by atoms with Gasteiger partial charge in [0.1, 0.15) is 6.29 Å². The minimum Gasteiger partial charge on any atom is -0.399 e. The lowest BCUT2D eigenvalue weighted by Crippen LogP contribution is -2.37. The molecule has 0 bridgehead atoms. The molecular formula is C13H21N3O3. The van der Waals surface area contributed by atoms with Gasteiger partial charge in [-0.2, -0.15) is 0 Å². The van der Waals surface area contributed by atoms with Crippen molar-refractivity contribution in [3.8, 4) is 0 Å². The minimum atomic E-state index is -0.663. The number of carbonyl (C=O) groups excluding carboxylic acids is 2. The molecule has 1 aromatic rings. The zero-order valence-electron chi connectivity index (χ0n) is 11.2. The lowest BCUT2D eigenvalue weighted by Gasteiger charge is -2.12. The summed E-state index contributed by atoms with van der Waals surface area (Å²) in [6.45, 7) is 1.62. The second-order valence-corrected chi connectivity index (χ2v) is 3.80. The van der Waals surface area contributed by atoms with Gasteiger partial charge in [0.25, 0.3) is 5.91 Å². The van der Waals surface area contributed by atoms with E-state index in [1.165, 1.54) is 7.05 Å². The van der Waals surface area contributed by atoms with Crippen molar-refractivity contribution in [2.75, 3.05) is 19.4 Å². The molecule has 0 radical (unpaired) electrons. The summed E-state index contributed by atoms with van der Waals surface area (Å²) in [5.41, 5.74) is 11.9. The van der Waals surface area contributed by atoms with Gasteiger partial charge in [0.05, 0.1) is 6.04 Å². The Bertz CT molecular complexity index is 422. The van der Waals surface area contributed by atoms with Crippen molar-refractivity contribution in [1.29, 1.82) is 0 Å². The fourth-order valence-electron chi connectivity index (χ4n) is 1.50. The largest absolute Gasteiger partial charge is 0.399 e. The van der Waals surface area contributed by atoms with Gasteiger partial charge in [-0.25, -0.2) is 0 Å². The standard InChI is InChI=1S/C12H16N2O3.CH5N/c1-8-6-9(13)2-3-11(8)12(17)14-10(7-16)4-5-15;1-2/h2-3,6-7,10,15H,4-5,13H2,1H3,(H,14,17);2H2,1H3. The zero-order valence-corrected chi connectivity index (χ0v) is 11.2. The summed E-state index contributed by atoms with van der Waals surface area (Å²) >= 11 is 0. The maximum Gasteiger partial charge on any atom is 0.252 e. The van der Waals surface area contributed by atoms with Crippen LogP contribution in [0, 0.1) is 6.92 Å². The number of hydrogen-bond donors (Lipinski definition) is 4. The van der Waals surface area contributed by atoms with Gasteiger partial charge >= 0.3 is 0 Å². The van der Waals surface area contributed by atoms with Crippen LogP contribution >= 0.6 is 0 Å². The lowest BCUT2D eigenvalue weighted by atomic mass is 10.1. The molecule has 19 heavy (non-hydrogen) atoms. The molecule has 0 fully saturated rings. The first-order chi connectivity index (χ1) is 9.08. The number of nitrogens with one attached hydrogen (secondary N) is 1. The van der Waals surface area contributed by atoms with E-state index in [0.717, 1.165) is 5.56 Å². The van der Waals surface area contributed by atoms with Crippen LogP contribution in [0.3, 0.4) is 0 Å². The smallest absolute Gasteiger partial charge is 0.252 e. The van der Waals surface area contributed by atoms with Gasteiger partial charge < -0.3 is 26.7 Å². The summed E-state index contributed by atoms with van der Waals surface area (Å²) < 4.78 is 0. The molecule has 1 amide bonds. The Morgan fingerprint density at radius 2 is 2.11 bits per heavy atom. The molecule has 1 rings (SSSR count). The molecule has 0 aliphatic heterocycles. The third kappa shape index (κ3) is 5.50. The first-order valence-electron chi connectivity index (χ1n) is 5.89. The highest BCUT2D eigenvalue weighted by Crippen LogP contribution is 2.12. The number of aldehydes is 1. The SMILES string of the molecule is CN.Cc1cc(N)ccc1C(=O)NC(C=O)CCO. The van der Waals surface area contributed by atoms with Crippen molar-refractivity contribution in [2.45, 2.75) is 19.4 Å². The number of nitrogens with two attached hydrogens (primary N) is 2. The fourth-order valence-corrected chi connectivity index (χ4v) is 1.50. The highest BCUT2D eigenvalue weighted by atomic mass is 16.3. The number of hydrogen-bond acceptors (Lipinski definition) is 5. The van der Waals surface area contributed by atoms with E-state index in [0.29, 0.717) is 17.5 Å². The predicted molar refractivity (Wildman–Crippen MR) is 74.7 cm³/mol. The molecule has 106 valence electrons. The van der Waals surface area contributed by atoms with Crippen LogP contribution in [0.25, 0.3) is 0 Å². The number of anilines is 1. The van der Waals surface area contributed by atoms with Gasteiger partial charge in [-0.05, 0) is 44.2 Å². The van der Waals surface area contributed by atoms with E-state index < -0.39 is 6.04 Å². The first-order valence-corrected chi connectivity index (χ1v) is 5.89. The molecule has 1 unspecified atom stereocenters. The normalized spacial score (nSPS) is 10.9. The van der Waals surface area contributed by atoms with E-state index in [1.54, 1.807) is 25.1 Å². The van der Waals surface area contributed by atoms with E-state index in [2.05, 4.69) is 11.1 Å². The lowest BCUT2D eigenvalue weighted by molar-refractivity contribution is -0.109. The summed E-state index contributed by atoms with van der Waals surface area (Å²) in [5.74, 6) is -0.340. The Morgan fingerprint density at radius 1 is 1.47 bits per heavy atom. The van der Waals surface area contributed by atoms with Crippen LogP contribution in [0.1, 0.15) is 22.3 Å². The number of benzene rings is 1. The molecule has 0 aliphatic carbocycles. The van der Waals surface area contributed by atoms with Gasteiger partial charge in [-0.1, -0.05) is 0 Å². The van der Waals surface area contributed by atoms with Crippen molar-refractivity contribution in [1.82, 2.24) is 5.32 Å². The number of rotatable bonds is 5. The Hall–Kier alpha value is -1.92. The van der Waals surface area contributed by atoms with Crippen LogP contribution in [0.15, 0.2) is 18.2 Å². The highest BCUT2D eigenvalue weighted by Gasteiger charge is 2.14. The van der Waals surface area contributed by atoms with Crippen molar-refractivity contribution in [2.24, 2.45) is 5.73 Å². The van der Waals surface area contributed by atoms with E-state index in [9.17, 15) is 9.59 Å². The maximum absolute atomic E-state index is 11.8. The summed E-state index contributed by atoms with van der Waals surface area (Å²) in [6.07, 6.45) is 0.823. The van der Waals surface area contributed by atoms with Crippen molar-refractivity contribution in [3.63, 3.8) is 0 Å². The Labute approximate surface area is 112 Å². The molecule has 1 atom stereocenters. The van der Waals surface area contributed by atoms with Crippen LogP contribution in [-0.2, 0) is 4.79 Å². The van der Waals surface area contributed by atoms with Crippen molar-refractivity contribution in [3.05, 3.63) is 29.3 Å². The highest BCUT2D eigenvalue weighted by molar-refractivity contribution is 5.97. The third-order valence-corrected chi connectivity index (χ3v) is 2.42. The second-order valence-electron chi connectivity index (χ2n) is 3.80. The molecule has 0 saturated carbocycles. The van der Waals surface area contributed by atoms with Gasteiger partial charge in [0.15, 0.2) is 0 Å². The molecule has 6 heteroatoms. The number of aryl methyl sites for hydroxylation is 1. The van der Waals surface area contributed by atoms with Crippen molar-refractivity contribution >= 4 is 17.9 Å². The number of aliphatic hydroxyl groups is 1. The number of carbonyl (C=O) groups is 2. The first kappa shape index (κ1) is 17.1. The Balaban J connectivity index is 0.00000154. The summed E-state index contributed by atoms with van der Waals surface area (Å²) in [4.78, 5) is 22.5. The van der Waals surface area contributed by atoms with Crippen LogP contribution in [0.4, 0.5) is 5.69 Å². The second kappa shape index (κ2) is 9.07. The third-order valence-electron chi connectivity index (χ3n) is 2.42. The summed E-state index contributed by atoms with van der Waals surface area (Å²) in [5, 5.41) is 11.3. The molecule has 6 nitrogen and oxygen atoms in total. The van der Waals surface area contributed by atoms with Gasteiger partial charge in [-0.15, -0.1) is 0 Å². The fraction of sp³-hybridized carbons (Fsp3) is 0.385. The quantitative estimate of drug-likeness (QED) is 0.436. The molecule has 0 aromatic heterocycles. The summed E-state index contributed by atoms with van der Waals surface area (Å²) in [7, 11) is 1.50. The van der Waals surface area contributed by atoms with E-state index in [-0.39, 0.29) is 18.9 Å². The van der Waals surface area contributed by atoms with Gasteiger partial charge in [0.2, 0.25) is 0 Å². The van der Waals surface area contributed by atoms with Crippen LogP contribution in [-0.4, -0.2) is 37.0 Å². The van der Waals surface area contributed by atoms with Gasteiger partial charge in [-0.3, -0.25) is 4.79 Å². The van der Waals surface area contributed by atoms with Crippen LogP contribution in [0.5, 0.6) is 0 Å². The average molecular weight is 267 g/mol. The summed E-state index contributed by atoms with van der Waals surface area (Å²) in [6, 6.07) is 4.27. The number of nitrogen functional groups attached to an aromatic ring is 1. The van der Waals surface area contributed by atoms with Crippen LogP contribution in [0.2, 0.25) is 0 Å². The molecule has 0 spiro atoms. The van der Waals surface area contributed by atoms with Gasteiger partial charge in [0, 0.05) is 17.9 Å². The predicted octanol–water partition coefficient (Wildman–Crippen LogP) is -0.168. The van der Waals surface area contributed by atoms with E-state index in [4.69, 9.17) is 10.8 Å². The monoisotopic (exact) mass is 267 g/mol. The molecule has 1 aromatic carbocycles. The van der Waals surface area contributed by atoms with Crippen LogP contribution < -0.4 is 16.8 Å². The topological polar surface area (TPSA) is 118 Å². The van der Waals surface area contributed by atoms with E-state index >= 15 is 0 Å². The maximum atomic E-state index is 11.8. The number of aliphatic hydroxyl groups excluding tert-OH is 1. The molecule has 0 heterocycles. The molecule has 0 saturated heterocycles. The average Bonchev–Trinajstić information content (AvgIpc) is 2.40. The molecule has 6 N–H and O–H groups in total. The molecule has 0 aliphatic rings. The Kier molecular flexibility index (Phi) is 8.15. The van der Waals surface area contributed by atoms with E-state index in [1.807, 2.05) is 0 Å². The minimum absolute atomic E-state index is 0.148. The Morgan fingerprint density at radius 3 is 2.58 bits per heavy atom. The van der Waals surface area contributed by atoms with Crippen molar-refractivity contribution < 1.29 is 14.7 Å². The zero-order chi connectivity index (χ0) is 14.8. The number of amides is 1. The molecular weight excluding hydrogens is 246 g/mol.